The van der Waals surface area contributed by atoms with Crippen molar-refractivity contribution in [2.45, 2.75) is 45.6 Å². The van der Waals surface area contributed by atoms with Gasteiger partial charge in [-0.3, -0.25) is 14.4 Å². The molecule has 1 amide bonds. The van der Waals surface area contributed by atoms with E-state index in [0.29, 0.717) is 12.2 Å². The predicted molar refractivity (Wildman–Crippen MR) is 82.7 cm³/mol. The highest BCUT2D eigenvalue weighted by atomic mass is 16.6. The molecule has 0 aromatic heterocycles. The molecular weight excluding hydrogens is 282 g/mol. The molecule has 0 spiro atoms. The van der Waals surface area contributed by atoms with Crippen molar-refractivity contribution in [3.05, 3.63) is 29.8 Å². The number of esters is 1. The van der Waals surface area contributed by atoms with Gasteiger partial charge in [-0.2, -0.15) is 0 Å². The van der Waals surface area contributed by atoms with Gasteiger partial charge in [0.05, 0.1) is 0 Å². The standard InChI is InChI=1S/C17H21NO4/c1-11(19)22-15-14(20)9-10-18(16(15)21)13-7-5-12(6-8-13)17(2,3)4/h5-8,15H,9-10H2,1-4H3. The first-order chi connectivity index (χ1) is 10.2. The van der Waals surface area contributed by atoms with Crippen LogP contribution >= 0.6 is 0 Å². The fourth-order valence-corrected chi connectivity index (χ4v) is 2.42. The number of nitrogens with zero attached hydrogens (tertiary/aromatic N) is 1. The van der Waals surface area contributed by atoms with E-state index in [1.807, 2.05) is 24.3 Å². The Bertz CT molecular complexity index is 598. The third-order valence-corrected chi connectivity index (χ3v) is 3.69. The summed E-state index contributed by atoms with van der Waals surface area (Å²) in [5.41, 5.74) is 1.90. The van der Waals surface area contributed by atoms with Crippen LogP contribution in [0, 0.1) is 0 Å². The molecule has 1 unspecified atom stereocenters. The molecule has 2 rings (SSSR count). The first-order valence-electron chi connectivity index (χ1n) is 7.32. The number of benzene rings is 1. The van der Waals surface area contributed by atoms with Gasteiger partial charge in [0.1, 0.15) is 0 Å². The van der Waals surface area contributed by atoms with E-state index in [0.717, 1.165) is 5.56 Å². The molecule has 1 fully saturated rings. The lowest BCUT2D eigenvalue weighted by Crippen LogP contribution is -2.51. The summed E-state index contributed by atoms with van der Waals surface area (Å²) in [6.45, 7) is 7.85. The minimum atomic E-state index is -1.31. The summed E-state index contributed by atoms with van der Waals surface area (Å²) in [7, 11) is 0. The number of carbonyl (C=O) groups excluding carboxylic acids is 3. The van der Waals surface area contributed by atoms with E-state index < -0.39 is 18.0 Å². The molecule has 0 radical (unpaired) electrons. The molecular formula is C17H21NO4. The lowest BCUT2D eigenvalue weighted by Gasteiger charge is -2.31. The molecule has 5 heteroatoms. The lowest BCUT2D eigenvalue weighted by molar-refractivity contribution is -0.159. The highest BCUT2D eigenvalue weighted by Gasteiger charge is 2.38. The first-order valence-corrected chi connectivity index (χ1v) is 7.32. The van der Waals surface area contributed by atoms with Crippen LogP contribution in [0.2, 0.25) is 0 Å². The normalized spacial score (nSPS) is 19.3. The zero-order valence-electron chi connectivity index (χ0n) is 13.4. The van der Waals surface area contributed by atoms with Gasteiger partial charge >= 0.3 is 5.97 Å². The maximum absolute atomic E-state index is 12.4. The Balaban J connectivity index is 2.23. The maximum atomic E-state index is 12.4. The van der Waals surface area contributed by atoms with Gasteiger partial charge in [-0.25, -0.2) is 0 Å². The van der Waals surface area contributed by atoms with Crippen molar-refractivity contribution < 1.29 is 19.1 Å². The summed E-state index contributed by atoms with van der Waals surface area (Å²) in [4.78, 5) is 36.7. The summed E-state index contributed by atoms with van der Waals surface area (Å²) in [6.07, 6.45) is -1.13. The number of piperidine rings is 1. The van der Waals surface area contributed by atoms with Crippen LogP contribution < -0.4 is 4.90 Å². The van der Waals surface area contributed by atoms with Crippen molar-refractivity contribution >= 4 is 23.3 Å². The Morgan fingerprint density at radius 1 is 1.18 bits per heavy atom. The molecule has 1 atom stereocenters. The molecule has 118 valence electrons. The molecule has 1 heterocycles. The molecule has 1 aliphatic heterocycles. The van der Waals surface area contributed by atoms with Gasteiger partial charge in [0.25, 0.3) is 5.91 Å². The molecule has 1 saturated heterocycles. The Kier molecular flexibility index (Phi) is 4.35. The van der Waals surface area contributed by atoms with Crippen molar-refractivity contribution in [1.82, 2.24) is 0 Å². The van der Waals surface area contributed by atoms with Crippen LogP contribution in [0.5, 0.6) is 0 Å². The predicted octanol–water partition coefficient (Wildman–Crippen LogP) is 2.22. The van der Waals surface area contributed by atoms with Crippen molar-refractivity contribution in [1.29, 1.82) is 0 Å². The number of carbonyl (C=O) groups is 3. The van der Waals surface area contributed by atoms with Crippen molar-refractivity contribution in [3.63, 3.8) is 0 Å². The van der Waals surface area contributed by atoms with Gasteiger partial charge in [-0.15, -0.1) is 0 Å². The van der Waals surface area contributed by atoms with E-state index in [1.54, 1.807) is 0 Å². The van der Waals surface area contributed by atoms with Gasteiger partial charge in [0.2, 0.25) is 6.10 Å². The second-order valence-corrected chi connectivity index (χ2v) is 6.49. The van der Waals surface area contributed by atoms with E-state index in [4.69, 9.17) is 4.74 Å². The average Bonchev–Trinajstić information content (AvgIpc) is 2.42. The number of ether oxygens (including phenoxy) is 1. The van der Waals surface area contributed by atoms with E-state index >= 15 is 0 Å². The van der Waals surface area contributed by atoms with Crippen LogP contribution in [-0.4, -0.2) is 30.3 Å². The first kappa shape index (κ1) is 16.2. The third kappa shape index (κ3) is 3.35. The van der Waals surface area contributed by atoms with Crippen LogP contribution in [0.25, 0.3) is 0 Å². The molecule has 0 saturated carbocycles. The fraction of sp³-hybridized carbons (Fsp3) is 0.471. The third-order valence-electron chi connectivity index (χ3n) is 3.69. The Labute approximate surface area is 130 Å². The van der Waals surface area contributed by atoms with Crippen molar-refractivity contribution in [3.8, 4) is 0 Å². The topological polar surface area (TPSA) is 63.7 Å². The minimum absolute atomic E-state index is 0.0285. The number of hydrogen-bond donors (Lipinski definition) is 0. The van der Waals surface area contributed by atoms with Crippen LogP contribution in [0.4, 0.5) is 5.69 Å². The molecule has 1 aliphatic rings. The fourth-order valence-electron chi connectivity index (χ4n) is 2.42. The summed E-state index contributed by atoms with van der Waals surface area (Å²) in [5, 5.41) is 0. The SMILES string of the molecule is CC(=O)OC1C(=O)CCN(c2ccc(C(C)(C)C)cc2)C1=O. The molecule has 0 bridgehead atoms. The number of ketones is 1. The van der Waals surface area contributed by atoms with Gasteiger partial charge in [0, 0.05) is 25.6 Å². The second-order valence-electron chi connectivity index (χ2n) is 6.49. The van der Waals surface area contributed by atoms with Crippen LogP contribution in [0.3, 0.4) is 0 Å². The van der Waals surface area contributed by atoms with E-state index in [-0.39, 0.29) is 17.6 Å². The summed E-state index contributed by atoms with van der Waals surface area (Å²) in [5.74, 6) is -1.45. The maximum Gasteiger partial charge on any atom is 0.303 e. The summed E-state index contributed by atoms with van der Waals surface area (Å²) in [6, 6.07) is 7.66. The van der Waals surface area contributed by atoms with Crippen LogP contribution in [-0.2, 0) is 24.5 Å². The van der Waals surface area contributed by atoms with Gasteiger partial charge < -0.3 is 9.64 Å². The van der Waals surface area contributed by atoms with E-state index in [1.165, 1.54) is 11.8 Å². The Morgan fingerprint density at radius 2 is 1.77 bits per heavy atom. The average molecular weight is 303 g/mol. The Hall–Kier alpha value is -2.17. The zero-order chi connectivity index (χ0) is 16.5. The van der Waals surface area contributed by atoms with Gasteiger partial charge in [-0.05, 0) is 23.1 Å². The number of amides is 1. The molecule has 1 aromatic carbocycles. The van der Waals surface area contributed by atoms with Crippen molar-refractivity contribution in [2.24, 2.45) is 0 Å². The number of anilines is 1. The van der Waals surface area contributed by atoms with E-state index in [2.05, 4.69) is 20.8 Å². The molecule has 0 N–H and O–H groups in total. The highest BCUT2D eigenvalue weighted by Crippen LogP contribution is 2.26. The Morgan fingerprint density at radius 3 is 2.27 bits per heavy atom. The number of rotatable bonds is 2. The van der Waals surface area contributed by atoms with E-state index in [9.17, 15) is 14.4 Å². The largest absolute Gasteiger partial charge is 0.444 e. The molecule has 5 nitrogen and oxygen atoms in total. The van der Waals surface area contributed by atoms with Gasteiger partial charge in [-0.1, -0.05) is 32.9 Å². The monoisotopic (exact) mass is 303 g/mol. The molecule has 0 aliphatic carbocycles. The quantitative estimate of drug-likeness (QED) is 0.621. The van der Waals surface area contributed by atoms with Crippen LogP contribution in [0.1, 0.15) is 39.7 Å². The van der Waals surface area contributed by atoms with Gasteiger partial charge in [0.15, 0.2) is 5.78 Å². The zero-order valence-corrected chi connectivity index (χ0v) is 13.4. The molecule has 22 heavy (non-hydrogen) atoms. The number of hydrogen-bond acceptors (Lipinski definition) is 4. The smallest absolute Gasteiger partial charge is 0.303 e. The number of Topliss-reactive ketones (excluding diaryl/α,β-unsaturated/α-hetero) is 1. The minimum Gasteiger partial charge on any atom is -0.444 e. The second kappa shape index (κ2) is 5.91. The van der Waals surface area contributed by atoms with Crippen LogP contribution in [0.15, 0.2) is 24.3 Å². The summed E-state index contributed by atoms with van der Waals surface area (Å²) >= 11 is 0. The lowest BCUT2D eigenvalue weighted by atomic mass is 9.87. The van der Waals surface area contributed by atoms with Crippen molar-refractivity contribution in [2.75, 3.05) is 11.4 Å². The highest BCUT2D eigenvalue weighted by molar-refractivity contribution is 6.14. The summed E-state index contributed by atoms with van der Waals surface area (Å²) < 4.78 is 4.87. The molecule has 1 aromatic rings.